The van der Waals surface area contributed by atoms with E-state index >= 15 is 0 Å². The van der Waals surface area contributed by atoms with Crippen molar-refractivity contribution in [3.8, 4) is 0 Å². The van der Waals surface area contributed by atoms with Gasteiger partial charge in [0, 0.05) is 34.7 Å². The van der Waals surface area contributed by atoms with Crippen molar-refractivity contribution in [1.82, 2.24) is 14.9 Å². The Morgan fingerprint density at radius 2 is 2.24 bits per heavy atom. The van der Waals surface area contributed by atoms with Crippen LogP contribution in [0.2, 0.25) is 4.34 Å². The van der Waals surface area contributed by atoms with Crippen LogP contribution in [0.1, 0.15) is 22.7 Å². The Hall–Kier alpha value is -1.14. The molecule has 3 aromatic heterocycles. The monoisotopic (exact) mass is 337 g/mol. The van der Waals surface area contributed by atoms with Crippen LogP contribution in [0, 0.1) is 0 Å². The second kappa shape index (κ2) is 6.75. The first-order valence-electron chi connectivity index (χ1n) is 6.73. The zero-order chi connectivity index (χ0) is 14.7. The third kappa shape index (κ3) is 3.74. The van der Waals surface area contributed by atoms with E-state index in [2.05, 4.69) is 45.4 Å². The zero-order valence-electron chi connectivity index (χ0n) is 11.6. The molecule has 21 heavy (non-hydrogen) atoms. The lowest BCUT2D eigenvalue weighted by Gasteiger charge is -2.22. The van der Waals surface area contributed by atoms with Crippen molar-refractivity contribution < 1.29 is 0 Å². The first kappa shape index (κ1) is 14.8. The van der Waals surface area contributed by atoms with Crippen molar-refractivity contribution in [1.29, 1.82) is 0 Å². The van der Waals surface area contributed by atoms with Crippen molar-refractivity contribution in [3.05, 3.63) is 62.5 Å². The molecule has 3 nitrogen and oxygen atoms in total. The van der Waals surface area contributed by atoms with Gasteiger partial charge in [0.15, 0.2) is 0 Å². The molecule has 1 N–H and O–H groups in total. The highest BCUT2D eigenvalue weighted by atomic mass is 35.5. The summed E-state index contributed by atoms with van der Waals surface area (Å²) in [6, 6.07) is 8.84. The lowest BCUT2D eigenvalue weighted by atomic mass is 10.1. The number of hydrogen-bond donors (Lipinski definition) is 1. The van der Waals surface area contributed by atoms with E-state index in [-0.39, 0.29) is 6.04 Å². The number of imidazole rings is 1. The first-order valence-corrected chi connectivity index (χ1v) is 8.80. The molecule has 0 bridgehead atoms. The van der Waals surface area contributed by atoms with Crippen molar-refractivity contribution in [2.24, 2.45) is 0 Å². The molecule has 0 fully saturated rings. The van der Waals surface area contributed by atoms with E-state index in [1.165, 1.54) is 9.75 Å². The Morgan fingerprint density at radius 3 is 2.86 bits per heavy atom. The Morgan fingerprint density at radius 1 is 1.33 bits per heavy atom. The molecule has 0 aromatic carbocycles. The molecule has 0 aliphatic heterocycles. The summed E-state index contributed by atoms with van der Waals surface area (Å²) in [4.78, 5) is 6.65. The topological polar surface area (TPSA) is 29.9 Å². The van der Waals surface area contributed by atoms with Gasteiger partial charge in [-0.2, -0.15) is 0 Å². The van der Waals surface area contributed by atoms with Gasteiger partial charge >= 0.3 is 0 Å². The van der Waals surface area contributed by atoms with Crippen LogP contribution in [-0.2, 0) is 6.54 Å². The third-order valence-electron chi connectivity index (χ3n) is 3.20. The Labute approximate surface area is 137 Å². The van der Waals surface area contributed by atoms with Gasteiger partial charge < -0.3 is 9.88 Å². The van der Waals surface area contributed by atoms with E-state index in [1.54, 1.807) is 22.7 Å². The van der Waals surface area contributed by atoms with Crippen LogP contribution >= 0.6 is 34.3 Å². The molecule has 3 rings (SSSR count). The summed E-state index contributed by atoms with van der Waals surface area (Å²) >= 11 is 9.50. The van der Waals surface area contributed by atoms with Gasteiger partial charge in [-0.1, -0.05) is 17.7 Å². The summed E-state index contributed by atoms with van der Waals surface area (Å²) in [5.74, 6) is 0. The van der Waals surface area contributed by atoms with Gasteiger partial charge in [0.1, 0.15) is 0 Å². The van der Waals surface area contributed by atoms with Gasteiger partial charge in [-0.05, 0) is 30.5 Å². The quantitative estimate of drug-likeness (QED) is 0.721. The van der Waals surface area contributed by atoms with Gasteiger partial charge in [-0.25, -0.2) is 4.98 Å². The number of aromatic nitrogens is 2. The van der Waals surface area contributed by atoms with E-state index < -0.39 is 0 Å². The smallest absolute Gasteiger partial charge is 0.0946 e. The van der Waals surface area contributed by atoms with Crippen molar-refractivity contribution in [3.63, 3.8) is 0 Å². The minimum atomic E-state index is 0.195. The maximum atomic E-state index is 6.10. The third-order valence-corrected chi connectivity index (χ3v) is 5.43. The zero-order valence-corrected chi connectivity index (χ0v) is 14.0. The molecule has 0 spiro atoms. The normalized spacial score (nSPS) is 14.2. The highest BCUT2D eigenvalue weighted by Gasteiger charge is 2.19. The van der Waals surface area contributed by atoms with E-state index in [1.807, 2.05) is 24.8 Å². The molecule has 0 radical (unpaired) electrons. The number of rotatable bonds is 6. The van der Waals surface area contributed by atoms with E-state index in [0.717, 1.165) is 10.9 Å². The Balaban J connectivity index is 1.76. The molecule has 2 atom stereocenters. The highest BCUT2D eigenvalue weighted by Crippen LogP contribution is 2.33. The van der Waals surface area contributed by atoms with Gasteiger partial charge in [-0.15, -0.1) is 22.7 Å². The van der Waals surface area contributed by atoms with E-state index in [9.17, 15) is 0 Å². The van der Waals surface area contributed by atoms with Crippen molar-refractivity contribution in [2.75, 3.05) is 0 Å². The summed E-state index contributed by atoms with van der Waals surface area (Å²) in [6.45, 7) is 3.08. The van der Waals surface area contributed by atoms with Gasteiger partial charge in [0.05, 0.1) is 16.7 Å². The average Bonchev–Trinajstić information content (AvgIpc) is 3.18. The molecule has 0 aliphatic rings. The molecule has 2 unspecified atom stereocenters. The number of nitrogens with zero attached hydrogens (tertiary/aromatic N) is 2. The molecule has 0 amide bonds. The van der Waals surface area contributed by atoms with Crippen molar-refractivity contribution in [2.45, 2.75) is 25.6 Å². The second-order valence-electron chi connectivity index (χ2n) is 4.92. The second-order valence-corrected chi connectivity index (χ2v) is 7.64. The van der Waals surface area contributed by atoms with Crippen LogP contribution in [0.4, 0.5) is 0 Å². The van der Waals surface area contributed by atoms with Crippen molar-refractivity contribution >= 4 is 34.3 Å². The van der Waals surface area contributed by atoms with Crippen LogP contribution < -0.4 is 5.32 Å². The van der Waals surface area contributed by atoms with Crippen LogP contribution in [-0.4, -0.2) is 15.6 Å². The average molecular weight is 338 g/mol. The van der Waals surface area contributed by atoms with Crippen LogP contribution in [0.3, 0.4) is 0 Å². The molecule has 6 heteroatoms. The fourth-order valence-corrected chi connectivity index (χ4v) is 4.31. The number of hydrogen-bond acceptors (Lipinski definition) is 4. The first-order chi connectivity index (χ1) is 10.2. The Bertz CT molecular complexity index is 661. The minimum Gasteiger partial charge on any atom is -0.336 e. The summed E-state index contributed by atoms with van der Waals surface area (Å²) in [6.07, 6.45) is 5.64. The number of nitrogens with one attached hydrogen (secondary N) is 1. The number of halogens is 1. The molecule has 3 heterocycles. The van der Waals surface area contributed by atoms with Gasteiger partial charge in [0.2, 0.25) is 0 Å². The summed E-state index contributed by atoms with van der Waals surface area (Å²) < 4.78 is 2.92. The lowest BCUT2D eigenvalue weighted by Crippen LogP contribution is -2.33. The Kier molecular flexibility index (Phi) is 4.75. The predicted octanol–water partition coefficient (Wildman–Crippen LogP) is 4.43. The molecule has 0 aliphatic carbocycles. The highest BCUT2D eigenvalue weighted by molar-refractivity contribution is 7.16. The lowest BCUT2D eigenvalue weighted by molar-refractivity contribution is 0.449. The van der Waals surface area contributed by atoms with Gasteiger partial charge in [-0.3, -0.25) is 0 Å². The van der Waals surface area contributed by atoms with E-state index in [4.69, 9.17) is 11.6 Å². The van der Waals surface area contributed by atoms with Gasteiger partial charge in [0.25, 0.3) is 0 Å². The summed E-state index contributed by atoms with van der Waals surface area (Å²) in [5, 5.41) is 5.81. The fraction of sp³-hybridized carbons (Fsp3) is 0.267. The SMILES string of the molecule is CC(Cn1ccnc1)NC(c1cccs1)c1ccc(Cl)s1. The summed E-state index contributed by atoms with van der Waals surface area (Å²) in [5.41, 5.74) is 0. The number of thiophene rings is 2. The predicted molar refractivity (Wildman–Crippen MR) is 90.3 cm³/mol. The summed E-state index contributed by atoms with van der Waals surface area (Å²) in [7, 11) is 0. The van der Waals surface area contributed by atoms with Crippen LogP contribution in [0.15, 0.2) is 48.4 Å². The molecule has 0 saturated heterocycles. The molecule has 110 valence electrons. The largest absolute Gasteiger partial charge is 0.336 e. The standard InChI is InChI=1S/C15H16ClN3S2/c1-11(9-19-7-6-17-10-19)18-15(12-3-2-8-20-12)13-4-5-14(16)21-13/h2-8,10-11,15,18H,9H2,1H3. The van der Waals surface area contributed by atoms with Crippen LogP contribution in [0.25, 0.3) is 0 Å². The maximum absolute atomic E-state index is 6.10. The molecular weight excluding hydrogens is 322 g/mol. The minimum absolute atomic E-state index is 0.195. The van der Waals surface area contributed by atoms with E-state index in [0.29, 0.717) is 6.04 Å². The molecule has 0 saturated carbocycles. The molecular formula is C15H16ClN3S2. The maximum Gasteiger partial charge on any atom is 0.0946 e. The van der Waals surface area contributed by atoms with Crippen LogP contribution in [0.5, 0.6) is 0 Å². The molecule has 3 aromatic rings. The fourth-order valence-electron chi connectivity index (χ4n) is 2.29.